The zero-order valence-corrected chi connectivity index (χ0v) is 13.9. The lowest BCUT2D eigenvalue weighted by molar-refractivity contribution is -0.130. The summed E-state index contributed by atoms with van der Waals surface area (Å²) in [6, 6.07) is 7.81. The summed E-state index contributed by atoms with van der Waals surface area (Å²) in [6.45, 7) is 1.38. The first-order chi connectivity index (χ1) is 12.1. The normalized spacial score (nSPS) is 20.0. The summed E-state index contributed by atoms with van der Waals surface area (Å²) >= 11 is 0. The number of nitrogen functional groups attached to an aromatic ring is 1. The summed E-state index contributed by atoms with van der Waals surface area (Å²) in [6.07, 6.45) is 3.65. The Labute approximate surface area is 145 Å². The molecule has 0 saturated carbocycles. The third kappa shape index (κ3) is 2.86. The maximum Gasteiger partial charge on any atom is 0.242 e. The van der Waals surface area contributed by atoms with Gasteiger partial charge in [-0.15, -0.1) is 0 Å². The quantitative estimate of drug-likeness (QED) is 0.881. The smallest absolute Gasteiger partial charge is 0.242 e. The van der Waals surface area contributed by atoms with Crippen LogP contribution < -0.4 is 10.6 Å². The summed E-state index contributed by atoms with van der Waals surface area (Å²) in [5.74, 6) is 0.169. The molecule has 3 heterocycles. The second-order valence-corrected chi connectivity index (χ2v) is 6.67. The fraction of sp³-hybridized carbons (Fsp3) is 0.389. The molecule has 2 aliphatic rings. The topological polar surface area (TPSA) is 95.3 Å². The van der Waals surface area contributed by atoms with E-state index in [-0.39, 0.29) is 24.3 Å². The summed E-state index contributed by atoms with van der Waals surface area (Å²) in [5, 5.41) is 6.89. The highest BCUT2D eigenvalue weighted by atomic mass is 16.2. The molecule has 3 N–H and O–H groups in total. The second kappa shape index (κ2) is 6.23. The van der Waals surface area contributed by atoms with E-state index in [1.807, 2.05) is 29.2 Å². The van der Waals surface area contributed by atoms with Gasteiger partial charge in [0, 0.05) is 31.1 Å². The molecule has 7 heteroatoms. The first kappa shape index (κ1) is 15.7. The number of aryl methyl sites for hydroxylation is 1. The van der Waals surface area contributed by atoms with Crippen LogP contribution in [0.2, 0.25) is 0 Å². The van der Waals surface area contributed by atoms with Gasteiger partial charge in [0.05, 0.1) is 17.6 Å². The van der Waals surface area contributed by atoms with Crippen LogP contribution in [0.15, 0.2) is 30.5 Å². The number of rotatable bonds is 3. The lowest BCUT2D eigenvalue weighted by Gasteiger charge is -2.30. The highest BCUT2D eigenvalue weighted by Crippen LogP contribution is 2.30. The number of likely N-dealkylation sites (tertiary alicyclic amines) is 1. The van der Waals surface area contributed by atoms with Crippen molar-refractivity contribution in [1.29, 1.82) is 0 Å². The van der Waals surface area contributed by atoms with Crippen LogP contribution in [-0.2, 0) is 16.0 Å². The molecule has 1 saturated heterocycles. The van der Waals surface area contributed by atoms with E-state index in [0.717, 1.165) is 29.8 Å². The van der Waals surface area contributed by atoms with Crippen molar-refractivity contribution in [1.82, 2.24) is 15.1 Å². The number of aromatic nitrogens is 2. The largest absolute Gasteiger partial charge is 0.396 e. The number of anilines is 2. The fourth-order valence-electron chi connectivity index (χ4n) is 3.76. The Kier molecular flexibility index (Phi) is 3.91. The molecule has 0 spiro atoms. The lowest BCUT2D eigenvalue weighted by Crippen LogP contribution is -2.44. The Morgan fingerprint density at radius 3 is 2.96 bits per heavy atom. The summed E-state index contributed by atoms with van der Waals surface area (Å²) in [7, 11) is 0. The molecule has 7 nitrogen and oxygen atoms in total. The van der Waals surface area contributed by atoms with E-state index in [1.165, 1.54) is 0 Å². The Hall–Kier alpha value is -2.83. The molecule has 1 fully saturated rings. The fourth-order valence-corrected chi connectivity index (χ4v) is 3.76. The van der Waals surface area contributed by atoms with Crippen molar-refractivity contribution in [2.24, 2.45) is 0 Å². The van der Waals surface area contributed by atoms with Gasteiger partial charge in [-0.3, -0.25) is 14.7 Å². The van der Waals surface area contributed by atoms with E-state index < -0.39 is 0 Å². The molecule has 2 aromatic rings. The molecule has 2 amide bonds. The van der Waals surface area contributed by atoms with E-state index >= 15 is 0 Å². The third-order valence-electron chi connectivity index (χ3n) is 5.13. The van der Waals surface area contributed by atoms with Crippen molar-refractivity contribution in [3.05, 3.63) is 41.7 Å². The van der Waals surface area contributed by atoms with Crippen molar-refractivity contribution in [2.75, 3.05) is 30.3 Å². The van der Waals surface area contributed by atoms with E-state index in [2.05, 4.69) is 10.2 Å². The molecule has 25 heavy (non-hydrogen) atoms. The number of H-pyrrole nitrogens is 1. The number of para-hydroxylation sites is 1. The number of nitrogens with two attached hydrogens (primary N) is 1. The monoisotopic (exact) mass is 339 g/mol. The molecule has 0 bridgehead atoms. The van der Waals surface area contributed by atoms with Gasteiger partial charge < -0.3 is 15.5 Å². The molecular weight excluding hydrogens is 318 g/mol. The van der Waals surface area contributed by atoms with Gasteiger partial charge in [0.2, 0.25) is 11.8 Å². The van der Waals surface area contributed by atoms with Crippen LogP contribution in [0.1, 0.15) is 30.0 Å². The van der Waals surface area contributed by atoms with Crippen LogP contribution in [0.5, 0.6) is 0 Å². The maximum absolute atomic E-state index is 12.7. The third-order valence-corrected chi connectivity index (χ3v) is 5.13. The molecule has 1 atom stereocenters. The number of benzene rings is 1. The number of nitrogens with zero attached hydrogens (tertiary/aromatic N) is 3. The second-order valence-electron chi connectivity index (χ2n) is 6.67. The van der Waals surface area contributed by atoms with Crippen LogP contribution in [0.3, 0.4) is 0 Å². The van der Waals surface area contributed by atoms with Gasteiger partial charge >= 0.3 is 0 Å². The van der Waals surface area contributed by atoms with Crippen molar-refractivity contribution >= 4 is 23.2 Å². The van der Waals surface area contributed by atoms with Crippen LogP contribution >= 0.6 is 0 Å². The molecule has 0 aliphatic carbocycles. The number of hydrogen-bond acceptors (Lipinski definition) is 4. The van der Waals surface area contributed by atoms with Gasteiger partial charge in [-0.1, -0.05) is 18.2 Å². The van der Waals surface area contributed by atoms with Gasteiger partial charge in [0.1, 0.15) is 6.54 Å². The average Bonchev–Trinajstić information content (AvgIpc) is 3.26. The molecule has 130 valence electrons. The number of carbonyl (C=O) groups is 2. The van der Waals surface area contributed by atoms with Gasteiger partial charge in [-0.2, -0.15) is 5.10 Å². The van der Waals surface area contributed by atoms with E-state index in [4.69, 9.17) is 5.73 Å². The molecule has 2 aliphatic heterocycles. The van der Waals surface area contributed by atoms with Gasteiger partial charge in [-0.05, 0) is 24.5 Å². The number of amides is 2. The highest BCUT2D eigenvalue weighted by molar-refractivity contribution is 6.01. The number of nitrogens with one attached hydrogen (secondary N) is 1. The number of carbonyl (C=O) groups excluding carboxylic acids is 2. The van der Waals surface area contributed by atoms with E-state index in [0.29, 0.717) is 25.2 Å². The lowest BCUT2D eigenvalue weighted by atomic mass is 10.0. The predicted octanol–water partition coefficient (Wildman–Crippen LogP) is 1.29. The van der Waals surface area contributed by atoms with Gasteiger partial charge in [0.25, 0.3) is 0 Å². The number of aromatic amines is 1. The Bertz CT molecular complexity index is 815. The minimum absolute atomic E-state index is 0.0145. The van der Waals surface area contributed by atoms with Crippen molar-refractivity contribution in [3.63, 3.8) is 0 Å². The Morgan fingerprint density at radius 1 is 1.32 bits per heavy atom. The first-order valence-corrected chi connectivity index (χ1v) is 8.58. The van der Waals surface area contributed by atoms with E-state index in [1.54, 1.807) is 11.1 Å². The minimum atomic E-state index is -0.0226. The SMILES string of the molecule is Nc1cn[nH]c1C1CCN(C(=O)CN2C(=O)CCc3ccccc32)C1. The molecule has 4 rings (SSSR count). The molecule has 1 aromatic carbocycles. The van der Waals surface area contributed by atoms with Crippen LogP contribution in [0, 0.1) is 0 Å². The Morgan fingerprint density at radius 2 is 2.16 bits per heavy atom. The maximum atomic E-state index is 12.7. The number of hydrogen-bond donors (Lipinski definition) is 2. The minimum Gasteiger partial charge on any atom is -0.396 e. The molecule has 0 radical (unpaired) electrons. The highest BCUT2D eigenvalue weighted by Gasteiger charge is 2.32. The van der Waals surface area contributed by atoms with Crippen LogP contribution in [-0.4, -0.2) is 46.5 Å². The zero-order valence-electron chi connectivity index (χ0n) is 13.9. The van der Waals surface area contributed by atoms with Gasteiger partial charge in [0.15, 0.2) is 0 Å². The predicted molar refractivity (Wildman–Crippen MR) is 94.1 cm³/mol. The summed E-state index contributed by atoms with van der Waals surface area (Å²) in [5.41, 5.74) is 9.43. The molecule has 1 unspecified atom stereocenters. The van der Waals surface area contributed by atoms with E-state index in [9.17, 15) is 9.59 Å². The summed E-state index contributed by atoms with van der Waals surface area (Å²) in [4.78, 5) is 28.5. The van der Waals surface area contributed by atoms with Crippen molar-refractivity contribution < 1.29 is 9.59 Å². The standard InChI is InChI=1S/C18H21N5O2/c19-14-9-20-21-18(14)13-7-8-22(10-13)17(25)11-23-15-4-2-1-3-12(15)5-6-16(23)24/h1-4,9,13H,5-8,10-11,19H2,(H,20,21). The first-order valence-electron chi connectivity index (χ1n) is 8.58. The summed E-state index contributed by atoms with van der Waals surface area (Å²) < 4.78 is 0. The molecule has 1 aromatic heterocycles. The molecular formula is C18H21N5O2. The van der Waals surface area contributed by atoms with Crippen molar-refractivity contribution in [2.45, 2.75) is 25.2 Å². The number of fused-ring (bicyclic) bond motifs is 1. The van der Waals surface area contributed by atoms with Crippen LogP contribution in [0.25, 0.3) is 0 Å². The Balaban J connectivity index is 1.46. The van der Waals surface area contributed by atoms with Crippen molar-refractivity contribution in [3.8, 4) is 0 Å². The average molecular weight is 339 g/mol. The van der Waals surface area contributed by atoms with Gasteiger partial charge in [-0.25, -0.2) is 0 Å². The zero-order chi connectivity index (χ0) is 17.4. The van der Waals surface area contributed by atoms with Crippen LogP contribution in [0.4, 0.5) is 11.4 Å².